The van der Waals surface area contributed by atoms with E-state index in [9.17, 15) is 4.79 Å². The summed E-state index contributed by atoms with van der Waals surface area (Å²) in [7, 11) is 0. The fraction of sp³-hybridized carbons (Fsp3) is 0.611. The molecule has 4 rings (SSSR count). The molecule has 1 amide bonds. The van der Waals surface area contributed by atoms with Crippen molar-refractivity contribution in [2.24, 2.45) is 5.92 Å². The maximum atomic E-state index is 13.1. The van der Waals surface area contributed by atoms with Gasteiger partial charge in [0.15, 0.2) is 0 Å². The smallest absolute Gasteiger partial charge is 0.243 e. The molecule has 0 spiro atoms. The summed E-state index contributed by atoms with van der Waals surface area (Å²) in [6.45, 7) is 3.62. The Bertz CT molecular complexity index is 547. The molecule has 4 unspecified atom stereocenters. The Morgan fingerprint density at radius 2 is 2.00 bits per heavy atom. The highest BCUT2D eigenvalue weighted by Gasteiger charge is 2.50. The average molecular weight is 300 g/mol. The van der Waals surface area contributed by atoms with Crippen molar-refractivity contribution in [1.29, 1.82) is 0 Å². The van der Waals surface area contributed by atoms with Crippen molar-refractivity contribution in [2.75, 3.05) is 6.61 Å². The van der Waals surface area contributed by atoms with E-state index in [0.29, 0.717) is 30.5 Å². The molecule has 0 radical (unpaired) electrons. The molecule has 0 aliphatic carbocycles. The minimum atomic E-state index is -0.0919. The lowest BCUT2D eigenvalue weighted by Gasteiger charge is -2.48. The summed E-state index contributed by atoms with van der Waals surface area (Å²) in [6, 6.07) is 11.1. The summed E-state index contributed by atoms with van der Waals surface area (Å²) in [5, 5.41) is 1.95. The van der Waals surface area contributed by atoms with E-state index < -0.39 is 0 Å². The number of piperidine rings is 1. The quantitative estimate of drug-likeness (QED) is 0.841. The van der Waals surface area contributed by atoms with Crippen LogP contribution in [0.3, 0.4) is 0 Å². The van der Waals surface area contributed by atoms with Gasteiger partial charge in [-0.05, 0) is 44.1 Å². The number of nitrogens with zero attached hydrogens (tertiary/aromatic N) is 2. The maximum Gasteiger partial charge on any atom is 0.243 e. The number of carbonyl (C=O) groups excluding carboxylic acids is 1. The maximum absolute atomic E-state index is 13.1. The van der Waals surface area contributed by atoms with E-state index in [0.717, 1.165) is 25.9 Å². The number of hydrogen-bond donors (Lipinski definition) is 0. The molecule has 0 saturated carbocycles. The van der Waals surface area contributed by atoms with Gasteiger partial charge in [-0.3, -0.25) is 9.63 Å². The summed E-state index contributed by atoms with van der Waals surface area (Å²) < 4.78 is 0. The number of hydrogen-bond acceptors (Lipinski definition) is 3. The molecule has 0 N–H and O–H groups in total. The van der Waals surface area contributed by atoms with E-state index >= 15 is 0 Å². The second kappa shape index (κ2) is 5.67. The van der Waals surface area contributed by atoms with Gasteiger partial charge < -0.3 is 4.90 Å². The fourth-order valence-electron chi connectivity index (χ4n) is 4.48. The Balaban J connectivity index is 1.57. The first-order chi connectivity index (χ1) is 10.7. The highest BCUT2D eigenvalue weighted by molar-refractivity contribution is 5.84. The van der Waals surface area contributed by atoms with Gasteiger partial charge in [0, 0.05) is 18.6 Å². The van der Waals surface area contributed by atoms with E-state index in [-0.39, 0.29) is 6.04 Å². The lowest BCUT2D eigenvalue weighted by atomic mass is 9.83. The van der Waals surface area contributed by atoms with Crippen molar-refractivity contribution in [3.8, 4) is 0 Å². The predicted molar refractivity (Wildman–Crippen MR) is 83.8 cm³/mol. The zero-order valence-corrected chi connectivity index (χ0v) is 13.1. The summed E-state index contributed by atoms with van der Waals surface area (Å²) in [4.78, 5) is 21.1. The Hall–Kier alpha value is -1.39. The van der Waals surface area contributed by atoms with Crippen LogP contribution in [-0.2, 0) is 16.2 Å². The van der Waals surface area contributed by atoms with Gasteiger partial charge in [-0.1, -0.05) is 30.3 Å². The number of fused-ring (bicyclic) bond motifs is 2. The second-order valence-corrected chi connectivity index (χ2v) is 6.95. The molecule has 3 aliphatic rings. The first-order valence-electron chi connectivity index (χ1n) is 8.49. The predicted octanol–water partition coefficient (Wildman–Crippen LogP) is 2.59. The van der Waals surface area contributed by atoms with Crippen LogP contribution >= 0.6 is 0 Å². The standard InChI is InChI=1S/C18H24N2O2/c1-13-7-8-16-11-15-9-10-22-19(17(15)18(21)20(13)16)12-14-5-3-2-4-6-14/h2-6,13,15-17H,7-12H2,1H3. The Morgan fingerprint density at radius 1 is 1.18 bits per heavy atom. The molecule has 0 bridgehead atoms. The zero-order chi connectivity index (χ0) is 15.1. The van der Waals surface area contributed by atoms with Gasteiger partial charge >= 0.3 is 0 Å². The van der Waals surface area contributed by atoms with Crippen LogP contribution in [0.2, 0.25) is 0 Å². The minimum Gasteiger partial charge on any atom is -0.336 e. The summed E-state index contributed by atoms with van der Waals surface area (Å²) in [5.74, 6) is 0.749. The van der Waals surface area contributed by atoms with Gasteiger partial charge in [0.2, 0.25) is 5.91 Å². The minimum absolute atomic E-state index is 0.0919. The van der Waals surface area contributed by atoms with Crippen molar-refractivity contribution in [2.45, 2.75) is 57.3 Å². The van der Waals surface area contributed by atoms with Crippen LogP contribution in [0, 0.1) is 5.92 Å². The molecule has 22 heavy (non-hydrogen) atoms. The summed E-state index contributed by atoms with van der Waals surface area (Å²) in [6.07, 6.45) is 4.49. The Morgan fingerprint density at radius 3 is 2.82 bits per heavy atom. The first kappa shape index (κ1) is 14.2. The van der Waals surface area contributed by atoms with Gasteiger partial charge in [-0.15, -0.1) is 0 Å². The van der Waals surface area contributed by atoms with Crippen LogP contribution < -0.4 is 0 Å². The molecule has 3 fully saturated rings. The molecule has 3 aliphatic heterocycles. The Labute approximate surface area is 132 Å². The molecule has 1 aromatic rings. The number of benzene rings is 1. The number of hydroxylamine groups is 2. The van der Waals surface area contributed by atoms with Gasteiger partial charge in [0.05, 0.1) is 6.61 Å². The lowest BCUT2D eigenvalue weighted by Crippen LogP contribution is -2.61. The van der Waals surface area contributed by atoms with Crippen LogP contribution in [0.1, 0.15) is 38.2 Å². The first-order valence-corrected chi connectivity index (χ1v) is 8.49. The second-order valence-electron chi connectivity index (χ2n) is 6.95. The van der Waals surface area contributed by atoms with E-state index in [1.165, 1.54) is 12.0 Å². The zero-order valence-electron chi connectivity index (χ0n) is 13.1. The van der Waals surface area contributed by atoms with Crippen molar-refractivity contribution < 1.29 is 9.63 Å². The molecule has 118 valence electrons. The van der Waals surface area contributed by atoms with Crippen LogP contribution in [0.4, 0.5) is 0 Å². The van der Waals surface area contributed by atoms with Crippen molar-refractivity contribution >= 4 is 5.91 Å². The third-order valence-corrected chi connectivity index (χ3v) is 5.55. The van der Waals surface area contributed by atoms with E-state index in [4.69, 9.17) is 4.84 Å². The highest BCUT2D eigenvalue weighted by atomic mass is 16.7. The third kappa shape index (κ3) is 2.34. The molecular weight excluding hydrogens is 276 g/mol. The van der Waals surface area contributed by atoms with Gasteiger partial charge in [-0.25, -0.2) is 0 Å². The highest BCUT2D eigenvalue weighted by Crippen LogP contribution is 2.40. The fourth-order valence-corrected chi connectivity index (χ4v) is 4.48. The normalized spacial score (nSPS) is 35.3. The van der Waals surface area contributed by atoms with Crippen molar-refractivity contribution in [3.05, 3.63) is 35.9 Å². The molecule has 4 heteroatoms. The van der Waals surface area contributed by atoms with Gasteiger partial charge in [0.1, 0.15) is 6.04 Å². The molecule has 4 atom stereocenters. The number of amides is 1. The van der Waals surface area contributed by atoms with Crippen molar-refractivity contribution in [1.82, 2.24) is 9.96 Å². The van der Waals surface area contributed by atoms with Crippen LogP contribution in [0.25, 0.3) is 0 Å². The third-order valence-electron chi connectivity index (χ3n) is 5.55. The van der Waals surface area contributed by atoms with Crippen molar-refractivity contribution in [3.63, 3.8) is 0 Å². The van der Waals surface area contributed by atoms with Crippen LogP contribution in [-0.4, -0.2) is 40.6 Å². The molecule has 4 nitrogen and oxygen atoms in total. The summed E-state index contributed by atoms with van der Waals surface area (Å²) in [5.41, 5.74) is 1.20. The largest absolute Gasteiger partial charge is 0.336 e. The molecular formula is C18H24N2O2. The topological polar surface area (TPSA) is 32.8 Å². The molecule has 1 aromatic carbocycles. The van der Waals surface area contributed by atoms with Crippen LogP contribution in [0.5, 0.6) is 0 Å². The lowest BCUT2D eigenvalue weighted by molar-refractivity contribution is -0.243. The molecule has 0 aromatic heterocycles. The monoisotopic (exact) mass is 300 g/mol. The van der Waals surface area contributed by atoms with E-state index in [1.807, 2.05) is 23.3 Å². The summed E-state index contributed by atoms with van der Waals surface area (Å²) >= 11 is 0. The van der Waals surface area contributed by atoms with Gasteiger partial charge in [-0.2, -0.15) is 5.06 Å². The Kier molecular flexibility index (Phi) is 3.66. The molecule has 3 saturated heterocycles. The average Bonchev–Trinajstić information content (AvgIpc) is 2.90. The SMILES string of the molecule is CC1CCC2CC3CCON(Cc4ccccc4)C3C(=O)N12. The number of rotatable bonds is 2. The number of carbonyl (C=O) groups is 1. The van der Waals surface area contributed by atoms with Crippen LogP contribution in [0.15, 0.2) is 30.3 Å². The van der Waals surface area contributed by atoms with E-state index in [2.05, 4.69) is 24.0 Å². The van der Waals surface area contributed by atoms with Gasteiger partial charge in [0.25, 0.3) is 0 Å². The molecule has 3 heterocycles. The van der Waals surface area contributed by atoms with E-state index in [1.54, 1.807) is 0 Å².